The quantitative estimate of drug-likeness (QED) is 0.789. The number of carboxylic acids is 1. The lowest BCUT2D eigenvalue weighted by Crippen LogP contribution is -2.44. The van der Waals surface area contributed by atoms with E-state index in [-0.39, 0.29) is 12.0 Å². The van der Waals surface area contributed by atoms with Gasteiger partial charge in [-0.05, 0) is 45.4 Å². The molecular weight excluding hydrogens is 270 g/mol. The Kier molecular flexibility index (Phi) is 4.91. The summed E-state index contributed by atoms with van der Waals surface area (Å²) in [6.07, 6.45) is 6.03. The van der Waals surface area contributed by atoms with Crippen LogP contribution in [0.1, 0.15) is 52.4 Å². The van der Waals surface area contributed by atoms with Gasteiger partial charge in [0.2, 0.25) is 0 Å². The number of esters is 1. The number of carbonyl (C=O) groups is 2. The standard InChI is InChI=1S/C16H27NO4/c1-16(2,15(20)21-3)8-9-17-12-7-5-4-6-11(12)10-13(17)14(18)19/h11-13H,4-10H2,1-3H3,(H,18,19). The van der Waals surface area contributed by atoms with E-state index in [1.165, 1.54) is 20.0 Å². The molecule has 0 amide bonds. The van der Waals surface area contributed by atoms with Gasteiger partial charge >= 0.3 is 11.9 Å². The zero-order valence-electron chi connectivity index (χ0n) is 13.3. The van der Waals surface area contributed by atoms with Crippen molar-refractivity contribution in [1.82, 2.24) is 4.90 Å². The maximum atomic E-state index is 11.8. The summed E-state index contributed by atoms with van der Waals surface area (Å²) in [6, 6.07) is -0.000145. The van der Waals surface area contributed by atoms with Crippen LogP contribution >= 0.6 is 0 Å². The lowest BCUT2D eigenvalue weighted by atomic mass is 9.84. The average molecular weight is 297 g/mol. The highest BCUT2D eigenvalue weighted by Gasteiger charge is 2.45. The predicted molar refractivity (Wildman–Crippen MR) is 78.9 cm³/mol. The molecule has 1 heterocycles. The summed E-state index contributed by atoms with van der Waals surface area (Å²) in [5.74, 6) is -0.435. The van der Waals surface area contributed by atoms with Crippen LogP contribution in [0.3, 0.4) is 0 Å². The summed E-state index contributed by atoms with van der Waals surface area (Å²) in [5.41, 5.74) is -0.565. The van der Waals surface area contributed by atoms with Gasteiger partial charge in [0.05, 0.1) is 12.5 Å². The maximum Gasteiger partial charge on any atom is 0.320 e. The number of aliphatic carboxylic acids is 1. The molecule has 1 saturated heterocycles. The van der Waals surface area contributed by atoms with Gasteiger partial charge in [0.15, 0.2) is 0 Å². The number of fused-ring (bicyclic) bond motifs is 1. The van der Waals surface area contributed by atoms with Gasteiger partial charge in [0.1, 0.15) is 6.04 Å². The van der Waals surface area contributed by atoms with Gasteiger partial charge in [0, 0.05) is 12.6 Å². The first-order valence-corrected chi connectivity index (χ1v) is 7.94. The van der Waals surface area contributed by atoms with Crippen molar-refractivity contribution in [2.75, 3.05) is 13.7 Å². The summed E-state index contributed by atoms with van der Waals surface area (Å²) in [7, 11) is 1.40. The highest BCUT2D eigenvalue weighted by Crippen LogP contribution is 2.40. The summed E-state index contributed by atoms with van der Waals surface area (Å²) in [4.78, 5) is 25.5. The highest BCUT2D eigenvalue weighted by atomic mass is 16.5. The first kappa shape index (κ1) is 16.3. The number of ether oxygens (including phenoxy) is 1. The number of likely N-dealkylation sites (tertiary alicyclic amines) is 1. The zero-order valence-corrected chi connectivity index (χ0v) is 13.3. The minimum absolute atomic E-state index is 0.228. The monoisotopic (exact) mass is 297 g/mol. The zero-order chi connectivity index (χ0) is 15.6. The van der Waals surface area contributed by atoms with Crippen molar-refractivity contribution < 1.29 is 19.4 Å². The number of nitrogens with zero attached hydrogens (tertiary/aromatic N) is 1. The summed E-state index contributed by atoms with van der Waals surface area (Å²) in [5, 5.41) is 9.48. The first-order chi connectivity index (χ1) is 9.86. The molecule has 0 aromatic carbocycles. The van der Waals surface area contributed by atoms with Crippen LogP contribution in [-0.4, -0.2) is 47.7 Å². The van der Waals surface area contributed by atoms with Crippen molar-refractivity contribution in [3.8, 4) is 0 Å². The molecule has 5 nitrogen and oxygen atoms in total. The number of hydrogen-bond acceptors (Lipinski definition) is 4. The van der Waals surface area contributed by atoms with E-state index in [2.05, 4.69) is 4.90 Å². The van der Waals surface area contributed by atoms with Crippen LogP contribution in [0, 0.1) is 11.3 Å². The molecule has 120 valence electrons. The predicted octanol–water partition coefficient (Wildman–Crippen LogP) is 2.29. The Balaban J connectivity index is 2.04. The summed E-state index contributed by atoms with van der Waals surface area (Å²) >= 11 is 0. The van der Waals surface area contributed by atoms with Crippen molar-refractivity contribution in [3.63, 3.8) is 0 Å². The van der Waals surface area contributed by atoms with Gasteiger partial charge in [-0.1, -0.05) is 12.8 Å². The van der Waals surface area contributed by atoms with E-state index in [1.54, 1.807) is 0 Å². The van der Waals surface area contributed by atoms with Crippen LogP contribution in [0.2, 0.25) is 0 Å². The van der Waals surface area contributed by atoms with Crippen LogP contribution in [0.4, 0.5) is 0 Å². The third kappa shape index (κ3) is 3.39. The molecule has 2 aliphatic rings. The number of carboxylic acid groups (broad SMARTS) is 1. The molecule has 0 bridgehead atoms. The molecule has 1 aliphatic heterocycles. The van der Waals surface area contributed by atoms with E-state index in [9.17, 15) is 14.7 Å². The lowest BCUT2D eigenvalue weighted by Gasteiger charge is -2.34. The Labute approximate surface area is 126 Å². The second-order valence-corrected chi connectivity index (χ2v) is 7.06. The third-order valence-corrected chi connectivity index (χ3v) is 5.24. The lowest BCUT2D eigenvalue weighted by molar-refractivity contribution is -0.151. The Morgan fingerprint density at radius 3 is 2.57 bits per heavy atom. The Hall–Kier alpha value is -1.10. The van der Waals surface area contributed by atoms with E-state index >= 15 is 0 Å². The van der Waals surface area contributed by atoms with E-state index in [1.807, 2.05) is 13.8 Å². The van der Waals surface area contributed by atoms with Crippen molar-refractivity contribution in [1.29, 1.82) is 0 Å². The molecule has 0 spiro atoms. The Bertz CT molecular complexity index is 407. The fourth-order valence-corrected chi connectivity index (χ4v) is 3.90. The largest absolute Gasteiger partial charge is 0.480 e. The summed E-state index contributed by atoms with van der Waals surface area (Å²) < 4.78 is 4.84. The fourth-order valence-electron chi connectivity index (χ4n) is 3.90. The molecule has 2 fully saturated rings. The minimum Gasteiger partial charge on any atom is -0.480 e. The SMILES string of the molecule is COC(=O)C(C)(C)CCN1C(C(=O)O)CC2CCCCC21. The van der Waals surface area contributed by atoms with E-state index < -0.39 is 11.4 Å². The van der Waals surface area contributed by atoms with Crippen molar-refractivity contribution in [3.05, 3.63) is 0 Å². The molecule has 1 aliphatic carbocycles. The van der Waals surface area contributed by atoms with E-state index in [4.69, 9.17) is 4.74 Å². The van der Waals surface area contributed by atoms with Crippen molar-refractivity contribution in [2.24, 2.45) is 11.3 Å². The number of methoxy groups -OCH3 is 1. The topological polar surface area (TPSA) is 66.8 Å². The Morgan fingerprint density at radius 1 is 1.29 bits per heavy atom. The molecule has 0 aromatic heterocycles. The number of carbonyl (C=O) groups excluding carboxylic acids is 1. The molecule has 0 radical (unpaired) electrons. The number of hydrogen-bond donors (Lipinski definition) is 1. The molecule has 21 heavy (non-hydrogen) atoms. The molecule has 2 rings (SSSR count). The van der Waals surface area contributed by atoms with Crippen LogP contribution in [-0.2, 0) is 14.3 Å². The first-order valence-electron chi connectivity index (χ1n) is 7.94. The molecular formula is C16H27NO4. The van der Waals surface area contributed by atoms with Crippen molar-refractivity contribution in [2.45, 2.75) is 64.5 Å². The van der Waals surface area contributed by atoms with Gasteiger partial charge in [-0.15, -0.1) is 0 Å². The molecule has 1 N–H and O–H groups in total. The van der Waals surface area contributed by atoms with Crippen molar-refractivity contribution >= 4 is 11.9 Å². The molecule has 3 unspecified atom stereocenters. The van der Waals surface area contributed by atoms with Gasteiger partial charge in [0.25, 0.3) is 0 Å². The second kappa shape index (κ2) is 6.34. The van der Waals surface area contributed by atoms with Gasteiger partial charge in [-0.25, -0.2) is 0 Å². The average Bonchev–Trinajstić information content (AvgIpc) is 2.83. The molecule has 5 heteroatoms. The smallest absolute Gasteiger partial charge is 0.320 e. The van der Waals surface area contributed by atoms with Gasteiger partial charge in [-0.3, -0.25) is 14.5 Å². The van der Waals surface area contributed by atoms with Crippen LogP contribution < -0.4 is 0 Å². The van der Waals surface area contributed by atoms with E-state index in [0.717, 1.165) is 19.3 Å². The summed E-state index contributed by atoms with van der Waals surface area (Å²) in [6.45, 7) is 4.38. The highest BCUT2D eigenvalue weighted by molar-refractivity contribution is 5.76. The van der Waals surface area contributed by atoms with Crippen LogP contribution in [0.5, 0.6) is 0 Å². The molecule has 0 aromatic rings. The second-order valence-electron chi connectivity index (χ2n) is 7.06. The van der Waals surface area contributed by atoms with E-state index in [0.29, 0.717) is 24.9 Å². The van der Waals surface area contributed by atoms with Crippen LogP contribution in [0.25, 0.3) is 0 Å². The minimum atomic E-state index is -0.722. The maximum absolute atomic E-state index is 11.8. The van der Waals surface area contributed by atoms with Gasteiger partial charge in [-0.2, -0.15) is 0 Å². The fraction of sp³-hybridized carbons (Fsp3) is 0.875. The molecule has 1 saturated carbocycles. The van der Waals surface area contributed by atoms with Crippen LogP contribution in [0.15, 0.2) is 0 Å². The Morgan fingerprint density at radius 2 is 1.95 bits per heavy atom. The van der Waals surface area contributed by atoms with Gasteiger partial charge < -0.3 is 9.84 Å². The number of rotatable bonds is 5. The third-order valence-electron chi connectivity index (χ3n) is 5.24. The molecule has 3 atom stereocenters. The normalized spacial score (nSPS) is 30.0.